The summed E-state index contributed by atoms with van der Waals surface area (Å²) in [4.78, 5) is 5.99. The van der Waals surface area contributed by atoms with Crippen LogP contribution < -0.4 is 5.32 Å². The molecule has 98 valence electrons. The van der Waals surface area contributed by atoms with Crippen LogP contribution in [0.5, 0.6) is 0 Å². The molecule has 5 heteroatoms. The molecule has 1 atom stereocenters. The molecule has 0 aromatic carbocycles. The number of unbranched alkanes of at least 4 members (excludes halogenated alkanes) is 1. The number of nitrogens with zero attached hydrogens (tertiary/aromatic N) is 3. The highest BCUT2D eigenvalue weighted by Gasteiger charge is 2.03. The van der Waals surface area contributed by atoms with Crippen molar-refractivity contribution in [2.24, 2.45) is 0 Å². The largest absolute Gasteiger partial charge is 0.390 e. The summed E-state index contributed by atoms with van der Waals surface area (Å²) in [5, 5.41) is 12.9. The molecular formula is C12H24N4O. The van der Waals surface area contributed by atoms with E-state index in [2.05, 4.69) is 14.9 Å². The Morgan fingerprint density at radius 3 is 2.88 bits per heavy atom. The number of aliphatic hydroxyl groups is 1. The van der Waals surface area contributed by atoms with Crippen molar-refractivity contribution >= 4 is 0 Å². The van der Waals surface area contributed by atoms with Gasteiger partial charge in [0.15, 0.2) is 0 Å². The summed E-state index contributed by atoms with van der Waals surface area (Å²) >= 11 is 0. The van der Waals surface area contributed by atoms with Crippen molar-refractivity contribution in [2.45, 2.75) is 25.5 Å². The Labute approximate surface area is 103 Å². The van der Waals surface area contributed by atoms with Crippen LogP contribution in [0, 0.1) is 0 Å². The van der Waals surface area contributed by atoms with Crippen molar-refractivity contribution in [3.63, 3.8) is 0 Å². The fourth-order valence-electron chi connectivity index (χ4n) is 1.72. The molecule has 1 aromatic rings. The van der Waals surface area contributed by atoms with Crippen molar-refractivity contribution in [3.8, 4) is 0 Å². The number of rotatable bonds is 9. The summed E-state index contributed by atoms with van der Waals surface area (Å²) in [6.45, 7) is 3.35. The van der Waals surface area contributed by atoms with Crippen molar-refractivity contribution in [3.05, 3.63) is 18.7 Å². The molecule has 0 radical (unpaired) electrons. The molecule has 0 aliphatic rings. The van der Waals surface area contributed by atoms with E-state index < -0.39 is 0 Å². The Morgan fingerprint density at radius 2 is 2.24 bits per heavy atom. The minimum absolute atomic E-state index is 0.279. The van der Waals surface area contributed by atoms with Crippen LogP contribution in [-0.4, -0.2) is 59.4 Å². The van der Waals surface area contributed by atoms with Crippen molar-refractivity contribution in [1.29, 1.82) is 0 Å². The molecule has 0 aliphatic heterocycles. The Kier molecular flexibility index (Phi) is 6.84. The molecule has 0 fully saturated rings. The van der Waals surface area contributed by atoms with Gasteiger partial charge in [0.1, 0.15) is 0 Å². The Morgan fingerprint density at radius 1 is 1.41 bits per heavy atom. The lowest BCUT2D eigenvalue weighted by molar-refractivity contribution is 0.135. The lowest BCUT2D eigenvalue weighted by atomic mass is 10.3. The summed E-state index contributed by atoms with van der Waals surface area (Å²) in [7, 11) is 3.93. The van der Waals surface area contributed by atoms with Crippen molar-refractivity contribution in [2.75, 3.05) is 33.7 Å². The summed E-state index contributed by atoms with van der Waals surface area (Å²) in [6.07, 6.45) is 7.59. The summed E-state index contributed by atoms with van der Waals surface area (Å²) < 4.78 is 2.08. The molecule has 0 amide bonds. The van der Waals surface area contributed by atoms with Gasteiger partial charge in [-0.3, -0.25) is 0 Å². The van der Waals surface area contributed by atoms with Gasteiger partial charge < -0.3 is 19.9 Å². The molecule has 17 heavy (non-hydrogen) atoms. The monoisotopic (exact) mass is 240 g/mol. The number of aromatic nitrogens is 2. The topological polar surface area (TPSA) is 53.3 Å². The SMILES string of the molecule is CN(C)CC(O)CNCCCCn1ccnc1. The minimum Gasteiger partial charge on any atom is -0.390 e. The first-order chi connectivity index (χ1) is 8.18. The molecule has 1 rings (SSSR count). The molecule has 0 bridgehead atoms. The second-order valence-corrected chi connectivity index (χ2v) is 4.63. The molecule has 0 saturated heterocycles. The molecule has 0 aliphatic carbocycles. The number of aliphatic hydroxyl groups excluding tert-OH is 1. The highest BCUT2D eigenvalue weighted by molar-refractivity contribution is 4.73. The highest BCUT2D eigenvalue weighted by Crippen LogP contribution is 1.94. The number of likely N-dealkylation sites (N-methyl/N-ethyl adjacent to an activating group) is 1. The summed E-state index contributed by atoms with van der Waals surface area (Å²) in [6, 6.07) is 0. The number of nitrogens with one attached hydrogen (secondary N) is 1. The van der Waals surface area contributed by atoms with E-state index >= 15 is 0 Å². The molecule has 0 spiro atoms. The Bertz CT molecular complexity index is 274. The maximum atomic E-state index is 9.61. The zero-order valence-electron chi connectivity index (χ0n) is 10.8. The number of hydrogen-bond donors (Lipinski definition) is 2. The molecule has 1 aromatic heterocycles. The predicted octanol–water partition coefficient (Wildman–Crippen LogP) is 0.175. The molecule has 0 saturated carbocycles. The van der Waals surface area contributed by atoms with E-state index in [1.54, 1.807) is 6.20 Å². The summed E-state index contributed by atoms with van der Waals surface area (Å²) in [5.74, 6) is 0. The molecule has 5 nitrogen and oxygen atoms in total. The van der Waals surface area contributed by atoms with Crippen molar-refractivity contribution < 1.29 is 5.11 Å². The van der Waals surface area contributed by atoms with Crippen LogP contribution in [0.25, 0.3) is 0 Å². The molecule has 1 heterocycles. The van der Waals surface area contributed by atoms with Crippen LogP contribution in [0.4, 0.5) is 0 Å². The number of hydrogen-bond acceptors (Lipinski definition) is 4. The normalized spacial score (nSPS) is 13.2. The van der Waals surface area contributed by atoms with E-state index in [0.717, 1.165) is 25.9 Å². The summed E-state index contributed by atoms with van der Waals surface area (Å²) in [5.41, 5.74) is 0. The average Bonchev–Trinajstić information content (AvgIpc) is 2.75. The lowest BCUT2D eigenvalue weighted by Gasteiger charge is -2.16. The van der Waals surface area contributed by atoms with Crippen LogP contribution >= 0.6 is 0 Å². The van der Waals surface area contributed by atoms with Gasteiger partial charge in [0.05, 0.1) is 12.4 Å². The first-order valence-electron chi connectivity index (χ1n) is 6.17. The molecule has 2 N–H and O–H groups in total. The maximum Gasteiger partial charge on any atom is 0.0945 e. The van der Waals surface area contributed by atoms with Gasteiger partial charge in [0.2, 0.25) is 0 Å². The van der Waals surface area contributed by atoms with E-state index in [-0.39, 0.29) is 6.10 Å². The second kappa shape index (κ2) is 8.22. The lowest BCUT2D eigenvalue weighted by Crippen LogP contribution is -2.35. The van der Waals surface area contributed by atoms with Crippen LogP contribution in [0.3, 0.4) is 0 Å². The van der Waals surface area contributed by atoms with Gasteiger partial charge in [-0.05, 0) is 33.5 Å². The third kappa shape index (κ3) is 7.10. The molecule has 1 unspecified atom stereocenters. The van der Waals surface area contributed by atoms with E-state index in [1.165, 1.54) is 0 Å². The quantitative estimate of drug-likeness (QED) is 0.604. The number of aryl methyl sites for hydroxylation is 1. The maximum absolute atomic E-state index is 9.61. The van der Waals surface area contributed by atoms with E-state index in [1.807, 2.05) is 31.5 Å². The zero-order chi connectivity index (χ0) is 12.5. The fraction of sp³-hybridized carbons (Fsp3) is 0.750. The smallest absolute Gasteiger partial charge is 0.0945 e. The van der Waals surface area contributed by atoms with E-state index in [0.29, 0.717) is 13.1 Å². The first-order valence-corrected chi connectivity index (χ1v) is 6.17. The first kappa shape index (κ1) is 14.2. The molecular weight excluding hydrogens is 216 g/mol. The average molecular weight is 240 g/mol. The van der Waals surface area contributed by atoms with Gasteiger partial charge in [-0.15, -0.1) is 0 Å². The van der Waals surface area contributed by atoms with Gasteiger partial charge >= 0.3 is 0 Å². The fourth-order valence-corrected chi connectivity index (χ4v) is 1.72. The van der Waals surface area contributed by atoms with Crippen LogP contribution in [0.1, 0.15) is 12.8 Å². The van der Waals surface area contributed by atoms with Crippen LogP contribution in [0.15, 0.2) is 18.7 Å². The van der Waals surface area contributed by atoms with Gasteiger partial charge in [-0.25, -0.2) is 4.98 Å². The van der Waals surface area contributed by atoms with Crippen LogP contribution in [-0.2, 0) is 6.54 Å². The van der Waals surface area contributed by atoms with Gasteiger partial charge in [0, 0.05) is 32.0 Å². The van der Waals surface area contributed by atoms with E-state index in [9.17, 15) is 5.11 Å². The predicted molar refractivity (Wildman–Crippen MR) is 68.9 cm³/mol. The van der Waals surface area contributed by atoms with Gasteiger partial charge in [0.25, 0.3) is 0 Å². The minimum atomic E-state index is -0.279. The Hall–Kier alpha value is -0.910. The zero-order valence-corrected chi connectivity index (χ0v) is 10.8. The standard InChI is InChI=1S/C12H24N4O/c1-15(2)10-12(17)9-13-5-3-4-7-16-8-6-14-11-16/h6,8,11-13,17H,3-5,7,9-10H2,1-2H3. The highest BCUT2D eigenvalue weighted by atomic mass is 16.3. The van der Waals surface area contributed by atoms with Crippen molar-refractivity contribution in [1.82, 2.24) is 19.8 Å². The third-order valence-electron chi connectivity index (χ3n) is 2.53. The Balaban J connectivity index is 1.90. The second-order valence-electron chi connectivity index (χ2n) is 4.63. The third-order valence-corrected chi connectivity index (χ3v) is 2.53. The number of imidazole rings is 1. The van der Waals surface area contributed by atoms with E-state index in [4.69, 9.17) is 0 Å². The van der Waals surface area contributed by atoms with Crippen LogP contribution in [0.2, 0.25) is 0 Å². The van der Waals surface area contributed by atoms with Gasteiger partial charge in [-0.1, -0.05) is 0 Å². The van der Waals surface area contributed by atoms with Gasteiger partial charge in [-0.2, -0.15) is 0 Å².